The second-order valence-electron chi connectivity index (χ2n) is 7.28. The Morgan fingerprint density at radius 1 is 1.40 bits per heavy atom. The van der Waals surface area contributed by atoms with Crippen molar-refractivity contribution >= 4 is 6.09 Å². The SMILES string of the molecule is CC(C)(C)OC(=O)N1C2CCC1(C1CCCO1)CNC2. The van der Waals surface area contributed by atoms with Crippen LogP contribution < -0.4 is 5.32 Å². The Bertz CT molecular complexity index is 383. The van der Waals surface area contributed by atoms with Crippen LogP contribution in [0.25, 0.3) is 0 Å². The quantitative estimate of drug-likeness (QED) is 0.798. The first kappa shape index (κ1) is 14.1. The Morgan fingerprint density at radius 3 is 2.85 bits per heavy atom. The topological polar surface area (TPSA) is 50.8 Å². The van der Waals surface area contributed by atoms with Crippen molar-refractivity contribution in [3.05, 3.63) is 0 Å². The molecular weight excluding hydrogens is 256 g/mol. The van der Waals surface area contributed by atoms with Crippen LogP contribution in [0.4, 0.5) is 4.79 Å². The standard InChI is InChI=1S/C15H26N2O3/c1-14(2,3)20-13(18)17-11-6-7-15(17,10-16-9-11)12-5-4-8-19-12/h11-12,16H,4-10H2,1-3H3. The number of hydrogen-bond donors (Lipinski definition) is 1. The Hall–Kier alpha value is -0.810. The van der Waals surface area contributed by atoms with Crippen molar-refractivity contribution in [1.82, 2.24) is 10.2 Å². The Morgan fingerprint density at radius 2 is 2.20 bits per heavy atom. The Kier molecular flexibility index (Phi) is 3.45. The van der Waals surface area contributed by atoms with Gasteiger partial charge in [0.15, 0.2) is 0 Å². The number of piperazine rings is 1. The van der Waals surface area contributed by atoms with Crippen molar-refractivity contribution < 1.29 is 14.3 Å². The number of nitrogens with zero attached hydrogens (tertiary/aromatic N) is 1. The monoisotopic (exact) mass is 282 g/mol. The predicted molar refractivity (Wildman–Crippen MR) is 75.7 cm³/mol. The molecule has 5 nitrogen and oxygen atoms in total. The molecule has 0 aromatic heterocycles. The molecule has 0 spiro atoms. The summed E-state index contributed by atoms with van der Waals surface area (Å²) < 4.78 is 11.6. The van der Waals surface area contributed by atoms with E-state index in [0.29, 0.717) is 0 Å². The number of amides is 1. The van der Waals surface area contributed by atoms with Crippen LogP contribution in [0.1, 0.15) is 46.5 Å². The second-order valence-corrected chi connectivity index (χ2v) is 7.28. The van der Waals surface area contributed by atoms with Gasteiger partial charge in [-0.3, -0.25) is 4.90 Å². The van der Waals surface area contributed by atoms with Crippen molar-refractivity contribution in [1.29, 1.82) is 0 Å². The van der Waals surface area contributed by atoms with Gasteiger partial charge in [0, 0.05) is 25.7 Å². The van der Waals surface area contributed by atoms with Gasteiger partial charge in [0.2, 0.25) is 0 Å². The van der Waals surface area contributed by atoms with Gasteiger partial charge in [-0.15, -0.1) is 0 Å². The molecule has 3 atom stereocenters. The fraction of sp³-hybridized carbons (Fsp3) is 0.933. The summed E-state index contributed by atoms with van der Waals surface area (Å²) in [4.78, 5) is 14.7. The van der Waals surface area contributed by atoms with E-state index in [9.17, 15) is 4.79 Å². The third kappa shape index (κ3) is 2.31. The molecule has 114 valence electrons. The highest BCUT2D eigenvalue weighted by molar-refractivity contribution is 5.71. The molecule has 0 saturated carbocycles. The van der Waals surface area contributed by atoms with E-state index in [-0.39, 0.29) is 23.8 Å². The van der Waals surface area contributed by atoms with Crippen LogP contribution in [0.15, 0.2) is 0 Å². The predicted octanol–water partition coefficient (Wildman–Crippen LogP) is 1.91. The maximum atomic E-state index is 12.7. The van der Waals surface area contributed by atoms with E-state index in [1.165, 1.54) is 0 Å². The molecule has 3 rings (SSSR count). The Labute approximate surface area is 121 Å². The van der Waals surface area contributed by atoms with Crippen molar-refractivity contribution in [3.63, 3.8) is 0 Å². The van der Waals surface area contributed by atoms with E-state index in [1.807, 2.05) is 25.7 Å². The third-order valence-electron chi connectivity index (χ3n) is 4.69. The van der Waals surface area contributed by atoms with Gasteiger partial charge in [-0.25, -0.2) is 4.79 Å². The van der Waals surface area contributed by atoms with Crippen LogP contribution in [0.2, 0.25) is 0 Å². The number of carbonyl (C=O) groups excluding carboxylic acids is 1. The van der Waals surface area contributed by atoms with E-state index in [1.54, 1.807) is 0 Å². The molecule has 3 unspecified atom stereocenters. The largest absolute Gasteiger partial charge is 0.444 e. The molecule has 2 bridgehead atoms. The Balaban J connectivity index is 1.84. The molecule has 5 heteroatoms. The van der Waals surface area contributed by atoms with Gasteiger partial charge in [-0.2, -0.15) is 0 Å². The molecular formula is C15H26N2O3. The third-order valence-corrected chi connectivity index (χ3v) is 4.69. The lowest BCUT2D eigenvalue weighted by molar-refractivity contribution is -0.0604. The summed E-state index contributed by atoms with van der Waals surface area (Å²) in [6.45, 7) is 8.29. The number of carbonyl (C=O) groups is 1. The minimum absolute atomic E-state index is 0.160. The molecule has 3 fully saturated rings. The fourth-order valence-electron chi connectivity index (χ4n) is 3.93. The summed E-state index contributed by atoms with van der Waals surface area (Å²) in [5.41, 5.74) is -0.638. The minimum Gasteiger partial charge on any atom is -0.444 e. The highest BCUT2D eigenvalue weighted by Crippen LogP contribution is 2.43. The van der Waals surface area contributed by atoms with Crippen LogP contribution in [-0.2, 0) is 9.47 Å². The van der Waals surface area contributed by atoms with Gasteiger partial charge in [0.25, 0.3) is 0 Å². The first-order valence-electron chi connectivity index (χ1n) is 7.77. The zero-order valence-corrected chi connectivity index (χ0v) is 12.8. The summed E-state index contributed by atoms with van der Waals surface area (Å²) in [6.07, 6.45) is 4.21. The summed E-state index contributed by atoms with van der Waals surface area (Å²) >= 11 is 0. The van der Waals surface area contributed by atoms with Crippen LogP contribution >= 0.6 is 0 Å². The molecule has 0 aliphatic carbocycles. The lowest BCUT2D eigenvalue weighted by Crippen LogP contribution is -2.67. The molecule has 1 amide bonds. The van der Waals surface area contributed by atoms with Crippen LogP contribution in [0, 0.1) is 0 Å². The normalized spacial score (nSPS) is 37.2. The molecule has 0 aromatic carbocycles. The summed E-state index contributed by atoms with van der Waals surface area (Å²) in [6, 6.07) is 0.253. The van der Waals surface area contributed by atoms with E-state index in [2.05, 4.69) is 5.32 Å². The van der Waals surface area contributed by atoms with Crippen LogP contribution in [-0.4, -0.2) is 54.0 Å². The van der Waals surface area contributed by atoms with E-state index in [0.717, 1.165) is 45.4 Å². The molecule has 3 saturated heterocycles. The molecule has 20 heavy (non-hydrogen) atoms. The van der Waals surface area contributed by atoms with Crippen molar-refractivity contribution in [2.24, 2.45) is 0 Å². The summed E-state index contributed by atoms with van der Waals surface area (Å²) in [5.74, 6) is 0. The lowest BCUT2D eigenvalue weighted by atomic mass is 9.87. The summed E-state index contributed by atoms with van der Waals surface area (Å²) in [7, 11) is 0. The molecule has 0 aromatic rings. The molecule has 0 radical (unpaired) electrons. The summed E-state index contributed by atoms with van der Waals surface area (Å²) in [5, 5.41) is 3.48. The number of ether oxygens (including phenoxy) is 2. The van der Waals surface area contributed by atoms with Crippen LogP contribution in [0.5, 0.6) is 0 Å². The number of hydrogen-bond acceptors (Lipinski definition) is 4. The smallest absolute Gasteiger partial charge is 0.411 e. The number of fused-ring (bicyclic) bond motifs is 2. The van der Waals surface area contributed by atoms with Crippen molar-refractivity contribution in [2.45, 2.75) is 69.7 Å². The molecule has 1 N–H and O–H groups in total. The van der Waals surface area contributed by atoms with Gasteiger partial charge in [-0.1, -0.05) is 0 Å². The molecule has 3 aliphatic rings. The van der Waals surface area contributed by atoms with Gasteiger partial charge in [-0.05, 0) is 46.5 Å². The first-order chi connectivity index (χ1) is 9.42. The lowest BCUT2D eigenvalue weighted by Gasteiger charge is -2.47. The highest BCUT2D eigenvalue weighted by atomic mass is 16.6. The molecule has 3 heterocycles. The second kappa shape index (κ2) is 4.88. The maximum Gasteiger partial charge on any atom is 0.411 e. The van der Waals surface area contributed by atoms with Gasteiger partial charge >= 0.3 is 6.09 Å². The zero-order valence-electron chi connectivity index (χ0n) is 12.8. The van der Waals surface area contributed by atoms with Crippen LogP contribution in [0.3, 0.4) is 0 Å². The van der Waals surface area contributed by atoms with Crippen molar-refractivity contribution in [2.75, 3.05) is 19.7 Å². The average molecular weight is 282 g/mol. The highest BCUT2D eigenvalue weighted by Gasteiger charge is 2.57. The van der Waals surface area contributed by atoms with E-state index in [4.69, 9.17) is 9.47 Å². The maximum absolute atomic E-state index is 12.7. The molecule has 3 aliphatic heterocycles. The first-order valence-corrected chi connectivity index (χ1v) is 7.77. The van der Waals surface area contributed by atoms with Gasteiger partial charge < -0.3 is 14.8 Å². The van der Waals surface area contributed by atoms with Gasteiger partial charge in [0.05, 0.1) is 11.6 Å². The zero-order chi connectivity index (χ0) is 14.4. The number of nitrogens with one attached hydrogen (secondary N) is 1. The van der Waals surface area contributed by atoms with Crippen molar-refractivity contribution in [3.8, 4) is 0 Å². The van der Waals surface area contributed by atoms with E-state index >= 15 is 0 Å². The van der Waals surface area contributed by atoms with E-state index < -0.39 is 5.60 Å². The fourth-order valence-corrected chi connectivity index (χ4v) is 3.93. The van der Waals surface area contributed by atoms with Gasteiger partial charge in [0.1, 0.15) is 5.60 Å². The minimum atomic E-state index is -0.445. The average Bonchev–Trinajstić information content (AvgIpc) is 2.93. The number of rotatable bonds is 1.